The third kappa shape index (κ3) is 3.94. The van der Waals surface area contributed by atoms with Crippen LogP contribution < -0.4 is 10.1 Å². The quantitative estimate of drug-likeness (QED) is 0.910. The smallest absolute Gasteiger partial charge is 0.211 e. The maximum atomic E-state index is 11.6. The maximum Gasteiger partial charge on any atom is 0.211 e. The summed E-state index contributed by atoms with van der Waals surface area (Å²) in [6.45, 7) is 4.69. The number of hydrogen-bond donors (Lipinski definition) is 1. The molecule has 2 aliphatic heterocycles. The highest BCUT2D eigenvalue weighted by Crippen LogP contribution is 2.26. The van der Waals surface area contributed by atoms with E-state index in [4.69, 9.17) is 4.74 Å². The van der Waals surface area contributed by atoms with E-state index in [1.807, 2.05) is 18.2 Å². The van der Waals surface area contributed by atoms with Gasteiger partial charge in [-0.05, 0) is 30.1 Å². The summed E-state index contributed by atoms with van der Waals surface area (Å²) in [4.78, 5) is 0. The summed E-state index contributed by atoms with van der Waals surface area (Å²) in [6.07, 6.45) is 4.32. The number of fused-ring (bicyclic) bond motifs is 1. The predicted molar refractivity (Wildman–Crippen MR) is 91.9 cm³/mol. The Labute approximate surface area is 138 Å². The minimum Gasteiger partial charge on any atom is -0.489 e. The second-order valence-corrected chi connectivity index (χ2v) is 8.49. The van der Waals surface area contributed by atoms with E-state index in [-0.39, 0.29) is 0 Å². The van der Waals surface area contributed by atoms with E-state index in [0.717, 1.165) is 24.3 Å². The topological polar surface area (TPSA) is 58.6 Å². The standard InChI is InChI=1S/C17H24N2O3S/c1-13-11-19(23(2,20)21)8-7-16(13)18-10-14-9-15-5-3-4-6-17(15)22-12-14/h3-6,9,13,16,18H,7-8,10-12H2,1-2H3/t13-,16+/m1/s1. The lowest BCUT2D eigenvalue weighted by Crippen LogP contribution is -2.50. The van der Waals surface area contributed by atoms with Gasteiger partial charge in [0.1, 0.15) is 12.4 Å². The molecule has 0 aliphatic carbocycles. The highest BCUT2D eigenvalue weighted by Gasteiger charge is 2.30. The molecule has 6 heteroatoms. The molecular formula is C17H24N2O3S. The van der Waals surface area contributed by atoms with Gasteiger partial charge >= 0.3 is 0 Å². The van der Waals surface area contributed by atoms with Gasteiger partial charge in [0.2, 0.25) is 10.0 Å². The number of nitrogens with one attached hydrogen (secondary N) is 1. The zero-order chi connectivity index (χ0) is 16.4. The van der Waals surface area contributed by atoms with Crippen molar-refractivity contribution in [1.29, 1.82) is 0 Å². The monoisotopic (exact) mass is 336 g/mol. The molecule has 1 saturated heterocycles. The number of sulfonamides is 1. The van der Waals surface area contributed by atoms with Crippen molar-refractivity contribution in [3.8, 4) is 5.75 Å². The van der Waals surface area contributed by atoms with Crippen LogP contribution in [0.5, 0.6) is 5.75 Å². The Kier molecular flexibility index (Phi) is 4.75. The molecule has 3 rings (SSSR count). The molecule has 0 aromatic heterocycles. The minimum atomic E-state index is -3.08. The average Bonchev–Trinajstić information content (AvgIpc) is 2.52. The molecular weight excluding hydrogens is 312 g/mol. The fourth-order valence-electron chi connectivity index (χ4n) is 3.24. The Bertz CT molecular complexity index is 700. The van der Waals surface area contributed by atoms with E-state index in [1.165, 1.54) is 11.8 Å². The molecule has 1 fully saturated rings. The van der Waals surface area contributed by atoms with Crippen molar-refractivity contribution in [1.82, 2.24) is 9.62 Å². The Hall–Kier alpha value is -1.37. The largest absolute Gasteiger partial charge is 0.489 e. The Morgan fingerprint density at radius 2 is 2.13 bits per heavy atom. The molecule has 2 heterocycles. The molecule has 0 unspecified atom stereocenters. The number of para-hydroxylation sites is 1. The molecule has 1 aromatic rings. The Morgan fingerprint density at radius 1 is 1.35 bits per heavy atom. The van der Waals surface area contributed by atoms with Crippen LogP contribution in [0.4, 0.5) is 0 Å². The van der Waals surface area contributed by atoms with Crippen molar-refractivity contribution in [2.75, 3.05) is 32.5 Å². The first-order valence-corrected chi connectivity index (χ1v) is 9.88. The van der Waals surface area contributed by atoms with Crippen molar-refractivity contribution in [3.05, 3.63) is 35.4 Å². The minimum absolute atomic E-state index is 0.302. The molecule has 5 nitrogen and oxygen atoms in total. The van der Waals surface area contributed by atoms with Gasteiger partial charge in [-0.3, -0.25) is 0 Å². The van der Waals surface area contributed by atoms with Gasteiger partial charge in [0.15, 0.2) is 0 Å². The van der Waals surface area contributed by atoms with E-state index >= 15 is 0 Å². The van der Waals surface area contributed by atoms with Crippen LogP contribution in [-0.4, -0.2) is 51.3 Å². The molecule has 0 amide bonds. The summed E-state index contributed by atoms with van der Waals surface area (Å²) in [6, 6.07) is 8.37. The van der Waals surface area contributed by atoms with E-state index in [1.54, 1.807) is 4.31 Å². The Morgan fingerprint density at radius 3 is 2.87 bits per heavy atom. The zero-order valence-corrected chi connectivity index (χ0v) is 14.5. The first kappa shape index (κ1) is 16.5. The highest BCUT2D eigenvalue weighted by molar-refractivity contribution is 7.88. The van der Waals surface area contributed by atoms with Crippen LogP contribution >= 0.6 is 0 Å². The van der Waals surface area contributed by atoms with Crippen LogP contribution in [0.1, 0.15) is 18.9 Å². The number of rotatable bonds is 4. The van der Waals surface area contributed by atoms with Crippen molar-refractivity contribution < 1.29 is 13.2 Å². The highest BCUT2D eigenvalue weighted by atomic mass is 32.2. The molecule has 0 bridgehead atoms. The maximum absolute atomic E-state index is 11.6. The van der Waals surface area contributed by atoms with E-state index in [9.17, 15) is 8.42 Å². The zero-order valence-electron chi connectivity index (χ0n) is 13.7. The summed E-state index contributed by atoms with van der Waals surface area (Å²) in [7, 11) is -3.08. The molecule has 1 N–H and O–H groups in total. The van der Waals surface area contributed by atoms with E-state index in [2.05, 4.69) is 24.4 Å². The number of piperidine rings is 1. The number of ether oxygens (including phenoxy) is 1. The van der Waals surface area contributed by atoms with Gasteiger partial charge in [0.05, 0.1) is 6.26 Å². The van der Waals surface area contributed by atoms with Gasteiger partial charge in [0.25, 0.3) is 0 Å². The summed E-state index contributed by atoms with van der Waals surface area (Å²) in [5, 5.41) is 3.57. The fraction of sp³-hybridized carbons (Fsp3) is 0.529. The van der Waals surface area contributed by atoms with Crippen LogP contribution in [0.25, 0.3) is 6.08 Å². The number of hydrogen-bond acceptors (Lipinski definition) is 4. The van der Waals surface area contributed by atoms with Gasteiger partial charge in [-0.15, -0.1) is 0 Å². The van der Waals surface area contributed by atoms with E-state index in [0.29, 0.717) is 31.7 Å². The Balaban J connectivity index is 1.57. The second-order valence-electron chi connectivity index (χ2n) is 6.50. The van der Waals surface area contributed by atoms with E-state index < -0.39 is 10.0 Å². The van der Waals surface area contributed by atoms with Gasteiger partial charge in [-0.1, -0.05) is 25.1 Å². The second kappa shape index (κ2) is 6.63. The van der Waals surface area contributed by atoms with Crippen molar-refractivity contribution in [2.24, 2.45) is 5.92 Å². The third-order valence-electron chi connectivity index (χ3n) is 4.62. The molecule has 2 atom stereocenters. The number of benzene rings is 1. The summed E-state index contributed by atoms with van der Waals surface area (Å²) < 4.78 is 30.6. The molecule has 0 spiro atoms. The lowest BCUT2D eigenvalue weighted by Gasteiger charge is -2.36. The first-order chi connectivity index (χ1) is 10.9. The molecule has 1 aromatic carbocycles. The normalized spacial score (nSPS) is 25.4. The molecule has 0 radical (unpaired) electrons. The van der Waals surface area contributed by atoms with Gasteiger partial charge in [0, 0.05) is 31.2 Å². The molecule has 126 valence electrons. The van der Waals surface area contributed by atoms with Crippen LogP contribution in [0.15, 0.2) is 29.8 Å². The summed E-state index contributed by atoms with van der Waals surface area (Å²) >= 11 is 0. The number of nitrogens with zero attached hydrogens (tertiary/aromatic N) is 1. The van der Waals surface area contributed by atoms with Gasteiger partial charge in [-0.2, -0.15) is 0 Å². The van der Waals surface area contributed by atoms with Gasteiger partial charge < -0.3 is 10.1 Å². The fourth-order valence-corrected chi connectivity index (χ4v) is 4.18. The lowest BCUT2D eigenvalue weighted by molar-refractivity contribution is 0.222. The summed E-state index contributed by atoms with van der Waals surface area (Å²) in [5.41, 5.74) is 2.34. The molecule has 2 aliphatic rings. The van der Waals surface area contributed by atoms with Crippen LogP contribution in [0.2, 0.25) is 0 Å². The van der Waals surface area contributed by atoms with Gasteiger partial charge in [-0.25, -0.2) is 12.7 Å². The SMILES string of the molecule is C[C@@H]1CN(S(C)(=O)=O)CC[C@@H]1NCC1=Cc2ccccc2OC1. The third-order valence-corrected chi connectivity index (χ3v) is 5.89. The van der Waals surface area contributed by atoms with Crippen molar-refractivity contribution >= 4 is 16.1 Å². The van der Waals surface area contributed by atoms with Crippen molar-refractivity contribution in [2.45, 2.75) is 19.4 Å². The molecule has 0 saturated carbocycles. The predicted octanol–water partition coefficient (Wildman–Crippen LogP) is 1.72. The molecule has 23 heavy (non-hydrogen) atoms. The van der Waals surface area contributed by atoms with Crippen LogP contribution in [-0.2, 0) is 10.0 Å². The average molecular weight is 336 g/mol. The first-order valence-electron chi connectivity index (χ1n) is 8.03. The lowest BCUT2D eigenvalue weighted by atomic mass is 9.95. The van der Waals surface area contributed by atoms with Crippen LogP contribution in [0.3, 0.4) is 0 Å². The van der Waals surface area contributed by atoms with Crippen LogP contribution in [0, 0.1) is 5.92 Å². The summed E-state index contributed by atoms with van der Waals surface area (Å²) in [5.74, 6) is 1.24. The van der Waals surface area contributed by atoms with Crippen molar-refractivity contribution in [3.63, 3.8) is 0 Å².